The van der Waals surface area contributed by atoms with Crippen molar-refractivity contribution in [2.24, 2.45) is 0 Å². The second-order valence-electron chi connectivity index (χ2n) is 2.36. The molecule has 0 N–H and O–H groups in total. The zero-order chi connectivity index (χ0) is 7.56. The highest BCUT2D eigenvalue weighted by Gasteiger charge is 1.95. The van der Waals surface area contributed by atoms with Crippen LogP contribution in [-0.2, 0) is 0 Å². The lowest BCUT2D eigenvalue weighted by Crippen LogP contribution is -1.87. The summed E-state index contributed by atoms with van der Waals surface area (Å²) in [6.45, 7) is 4.01. The van der Waals surface area contributed by atoms with Crippen molar-refractivity contribution in [3.63, 3.8) is 0 Å². The molecule has 0 heterocycles. The summed E-state index contributed by atoms with van der Waals surface area (Å²) >= 11 is 0. The van der Waals surface area contributed by atoms with E-state index in [4.69, 9.17) is 4.74 Å². The Kier molecular flexibility index (Phi) is 1.95. The van der Waals surface area contributed by atoms with Crippen molar-refractivity contribution < 1.29 is 4.74 Å². The monoisotopic (exact) mass is 135 g/mol. The van der Waals surface area contributed by atoms with E-state index in [-0.39, 0.29) is 0 Å². The highest BCUT2D eigenvalue weighted by atomic mass is 16.5. The van der Waals surface area contributed by atoms with Crippen LogP contribution in [0.3, 0.4) is 0 Å². The Morgan fingerprint density at radius 2 is 2.00 bits per heavy atom. The third-order valence-corrected chi connectivity index (χ3v) is 1.46. The van der Waals surface area contributed by atoms with Gasteiger partial charge in [0.05, 0.1) is 7.11 Å². The number of rotatable bonds is 1. The lowest BCUT2D eigenvalue weighted by molar-refractivity contribution is 0.410. The molecule has 0 aliphatic rings. The van der Waals surface area contributed by atoms with Gasteiger partial charge in [0.15, 0.2) is 0 Å². The van der Waals surface area contributed by atoms with Crippen LogP contribution in [-0.4, -0.2) is 7.11 Å². The standard InChI is InChI=1S/C9H11O/c1-7-4-5-8(2)9(6-7)10-3/h4-5H,1-3H3. The summed E-state index contributed by atoms with van der Waals surface area (Å²) in [5.74, 6) is 0.847. The van der Waals surface area contributed by atoms with E-state index in [0.29, 0.717) is 0 Å². The van der Waals surface area contributed by atoms with Gasteiger partial charge in [0.2, 0.25) is 0 Å². The van der Waals surface area contributed by atoms with E-state index >= 15 is 0 Å². The third kappa shape index (κ3) is 1.29. The van der Waals surface area contributed by atoms with Gasteiger partial charge in [0, 0.05) is 6.07 Å². The fourth-order valence-electron chi connectivity index (χ4n) is 0.857. The van der Waals surface area contributed by atoms with Crippen molar-refractivity contribution >= 4 is 0 Å². The van der Waals surface area contributed by atoms with Gasteiger partial charge >= 0.3 is 0 Å². The van der Waals surface area contributed by atoms with Gasteiger partial charge in [-0.25, -0.2) is 0 Å². The largest absolute Gasteiger partial charge is 0.496 e. The molecule has 53 valence electrons. The van der Waals surface area contributed by atoms with E-state index in [1.807, 2.05) is 26.0 Å². The predicted molar refractivity (Wildman–Crippen MR) is 41.3 cm³/mol. The minimum absolute atomic E-state index is 0.847. The van der Waals surface area contributed by atoms with Crippen molar-refractivity contribution in [2.75, 3.05) is 7.11 Å². The molecule has 0 aliphatic heterocycles. The Labute approximate surface area is 61.6 Å². The Hall–Kier alpha value is -0.980. The molecule has 0 saturated carbocycles. The molecule has 0 spiro atoms. The fourth-order valence-corrected chi connectivity index (χ4v) is 0.857. The zero-order valence-electron chi connectivity index (χ0n) is 6.56. The molecule has 1 aromatic carbocycles. The van der Waals surface area contributed by atoms with Crippen LogP contribution in [0.1, 0.15) is 11.1 Å². The minimum atomic E-state index is 0.847. The lowest BCUT2D eigenvalue weighted by atomic mass is 10.1. The molecule has 1 heteroatoms. The van der Waals surface area contributed by atoms with Gasteiger partial charge < -0.3 is 4.74 Å². The molecule has 1 aromatic rings. The molecule has 0 saturated heterocycles. The van der Waals surface area contributed by atoms with Crippen LogP contribution in [0.4, 0.5) is 0 Å². The number of aryl methyl sites for hydroxylation is 2. The van der Waals surface area contributed by atoms with E-state index in [9.17, 15) is 0 Å². The molecule has 1 rings (SSSR count). The second-order valence-corrected chi connectivity index (χ2v) is 2.36. The van der Waals surface area contributed by atoms with Gasteiger partial charge in [0.1, 0.15) is 5.75 Å². The number of hydrogen-bond acceptors (Lipinski definition) is 1. The van der Waals surface area contributed by atoms with E-state index in [2.05, 4.69) is 6.07 Å². The summed E-state index contributed by atoms with van der Waals surface area (Å²) in [7, 11) is 1.66. The van der Waals surface area contributed by atoms with Gasteiger partial charge in [-0.05, 0) is 25.0 Å². The lowest BCUT2D eigenvalue weighted by Gasteiger charge is -2.02. The van der Waals surface area contributed by atoms with Gasteiger partial charge in [-0.3, -0.25) is 0 Å². The molecule has 1 radical (unpaired) electrons. The Balaban J connectivity index is 3.09. The van der Waals surface area contributed by atoms with E-state index in [1.54, 1.807) is 7.11 Å². The van der Waals surface area contributed by atoms with Crippen molar-refractivity contribution in [1.82, 2.24) is 0 Å². The van der Waals surface area contributed by atoms with Gasteiger partial charge in [0.25, 0.3) is 0 Å². The predicted octanol–water partition coefficient (Wildman–Crippen LogP) is 2.11. The highest BCUT2D eigenvalue weighted by Crippen LogP contribution is 2.16. The molecule has 0 amide bonds. The van der Waals surface area contributed by atoms with Crippen molar-refractivity contribution in [1.29, 1.82) is 0 Å². The summed E-state index contributed by atoms with van der Waals surface area (Å²) in [6.07, 6.45) is 0. The third-order valence-electron chi connectivity index (χ3n) is 1.46. The smallest absolute Gasteiger partial charge is 0.130 e. The molecule has 0 aliphatic carbocycles. The van der Waals surface area contributed by atoms with Crippen LogP contribution in [0.25, 0.3) is 0 Å². The number of benzene rings is 1. The molecule has 10 heavy (non-hydrogen) atoms. The number of hydrogen-bond donors (Lipinski definition) is 0. The summed E-state index contributed by atoms with van der Waals surface area (Å²) < 4.78 is 5.07. The first-order chi connectivity index (χ1) is 4.74. The first kappa shape index (κ1) is 7.13. The SMILES string of the molecule is COc1[c]c(C)ccc1C. The average molecular weight is 135 g/mol. The Morgan fingerprint density at radius 1 is 1.30 bits per heavy atom. The summed E-state index contributed by atoms with van der Waals surface area (Å²) in [4.78, 5) is 0. The average Bonchev–Trinajstić information content (AvgIpc) is 1.94. The van der Waals surface area contributed by atoms with Crippen LogP contribution in [0.5, 0.6) is 5.75 Å². The van der Waals surface area contributed by atoms with Crippen LogP contribution < -0.4 is 4.74 Å². The first-order valence-corrected chi connectivity index (χ1v) is 3.27. The maximum Gasteiger partial charge on any atom is 0.130 e. The molecule has 0 fully saturated rings. The van der Waals surface area contributed by atoms with Crippen LogP contribution in [0.15, 0.2) is 12.1 Å². The molecule has 0 atom stereocenters. The zero-order valence-corrected chi connectivity index (χ0v) is 6.56. The topological polar surface area (TPSA) is 9.23 Å². The number of ether oxygens (including phenoxy) is 1. The van der Waals surface area contributed by atoms with Gasteiger partial charge in [-0.15, -0.1) is 0 Å². The fraction of sp³-hybridized carbons (Fsp3) is 0.333. The normalized spacial score (nSPS) is 9.50. The van der Waals surface area contributed by atoms with Crippen molar-refractivity contribution in [3.05, 3.63) is 29.3 Å². The quantitative estimate of drug-likeness (QED) is 0.573. The maximum absolute atomic E-state index is 5.07. The summed E-state index contributed by atoms with van der Waals surface area (Å²) in [5, 5.41) is 0. The molecular weight excluding hydrogens is 124 g/mol. The molecule has 0 aromatic heterocycles. The molecular formula is C9H11O. The van der Waals surface area contributed by atoms with Crippen LogP contribution >= 0.6 is 0 Å². The Morgan fingerprint density at radius 3 is 2.50 bits per heavy atom. The van der Waals surface area contributed by atoms with Gasteiger partial charge in [-0.2, -0.15) is 0 Å². The highest BCUT2D eigenvalue weighted by molar-refractivity contribution is 5.34. The van der Waals surface area contributed by atoms with Crippen LogP contribution in [0.2, 0.25) is 0 Å². The molecule has 0 bridgehead atoms. The van der Waals surface area contributed by atoms with Gasteiger partial charge in [-0.1, -0.05) is 12.1 Å². The maximum atomic E-state index is 5.07. The second kappa shape index (κ2) is 2.74. The summed E-state index contributed by atoms with van der Waals surface area (Å²) in [6, 6.07) is 7.16. The van der Waals surface area contributed by atoms with E-state index < -0.39 is 0 Å². The van der Waals surface area contributed by atoms with Crippen LogP contribution in [0, 0.1) is 19.9 Å². The molecule has 0 unspecified atom stereocenters. The Bertz CT molecular complexity index is 228. The van der Waals surface area contributed by atoms with Crippen molar-refractivity contribution in [3.8, 4) is 5.75 Å². The van der Waals surface area contributed by atoms with E-state index in [1.165, 1.54) is 0 Å². The van der Waals surface area contributed by atoms with E-state index in [0.717, 1.165) is 16.9 Å². The molecule has 1 nitrogen and oxygen atoms in total. The van der Waals surface area contributed by atoms with Crippen molar-refractivity contribution in [2.45, 2.75) is 13.8 Å². The number of methoxy groups -OCH3 is 1. The first-order valence-electron chi connectivity index (χ1n) is 3.27. The summed E-state index contributed by atoms with van der Waals surface area (Å²) in [5.41, 5.74) is 2.25. The minimum Gasteiger partial charge on any atom is -0.496 e.